The number of anilines is 1. The van der Waals surface area contributed by atoms with Gasteiger partial charge in [0.05, 0.1) is 16.1 Å². The molecule has 0 radical (unpaired) electrons. The number of carbonyl (C=O) groups excluding carboxylic acids is 1. The van der Waals surface area contributed by atoms with Crippen molar-refractivity contribution in [3.63, 3.8) is 0 Å². The Bertz CT molecular complexity index is 939. The third kappa shape index (κ3) is 2.87. The van der Waals surface area contributed by atoms with Crippen LogP contribution in [-0.4, -0.2) is 30.2 Å². The SMILES string of the molecule is COc1cccc(N(C)C(=O)c2cc3c(Br)c(O)c(Br)cc3o2)n1. The van der Waals surface area contributed by atoms with E-state index in [1.165, 1.54) is 12.0 Å². The molecule has 0 unspecified atom stereocenters. The maximum atomic E-state index is 12.7. The number of rotatable bonds is 3. The van der Waals surface area contributed by atoms with Crippen molar-refractivity contribution in [2.45, 2.75) is 0 Å². The highest BCUT2D eigenvalue weighted by Gasteiger charge is 2.21. The number of amides is 1. The molecular formula is C16H12Br2N2O4. The number of aromatic hydroxyl groups is 1. The van der Waals surface area contributed by atoms with Gasteiger partial charge in [-0.1, -0.05) is 6.07 Å². The minimum absolute atomic E-state index is 0.0464. The lowest BCUT2D eigenvalue weighted by Crippen LogP contribution is -2.26. The van der Waals surface area contributed by atoms with E-state index in [-0.39, 0.29) is 17.4 Å². The van der Waals surface area contributed by atoms with Crippen molar-refractivity contribution in [1.29, 1.82) is 0 Å². The average Bonchev–Trinajstić information content (AvgIpc) is 3.02. The number of furan rings is 1. The standard InChI is InChI=1S/C16H12Br2N2O4/c1-20(12-4-3-5-13(19-12)23-2)16(22)11-6-8-10(24-11)7-9(17)15(21)14(8)18/h3-7,21H,1-2H3. The van der Waals surface area contributed by atoms with E-state index in [4.69, 9.17) is 9.15 Å². The van der Waals surface area contributed by atoms with Crippen LogP contribution in [0.25, 0.3) is 11.0 Å². The molecule has 2 heterocycles. The van der Waals surface area contributed by atoms with Crippen LogP contribution < -0.4 is 9.64 Å². The zero-order chi connectivity index (χ0) is 17.4. The molecule has 3 aromatic rings. The Hall–Kier alpha value is -2.06. The van der Waals surface area contributed by atoms with E-state index in [0.29, 0.717) is 31.6 Å². The molecule has 1 aromatic carbocycles. The number of carbonyl (C=O) groups is 1. The first kappa shape index (κ1) is 16.8. The van der Waals surface area contributed by atoms with Crippen LogP contribution in [0.4, 0.5) is 5.82 Å². The molecule has 2 aromatic heterocycles. The zero-order valence-electron chi connectivity index (χ0n) is 12.7. The van der Waals surface area contributed by atoms with Gasteiger partial charge in [-0.15, -0.1) is 0 Å². The monoisotopic (exact) mass is 454 g/mol. The highest BCUT2D eigenvalue weighted by Crippen LogP contribution is 2.40. The molecule has 0 aliphatic heterocycles. The van der Waals surface area contributed by atoms with Crippen molar-refractivity contribution in [3.8, 4) is 11.6 Å². The van der Waals surface area contributed by atoms with Gasteiger partial charge in [0.25, 0.3) is 5.91 Å². The Morgan fingerprint density at radius 2 is 2.08 bits per heavy atom. The van der Waals surface area contributed by atoms with E-state index in [9.17, 15) is 9.90 Å². The lowest BCUT2D eigenvalue weighted by molar-refractivity contribution is 0.0968. The number of benzene rings is 1. The Morgan fingerprint density at radius 1 is 1.33 bits per heavy atom. The van der Waals surface area contributed by atoms with Crippen LogP contribution in [-0.2, 0) is 0 Å². The van der Waals surface area contributed by atoms with Crippen molar-refractivity contribution in [2.24, 2.45) is 0 Å². The molecule has 24 heavy (non-hydrogen) atoms. The fourth-order valence-corrected chi connectivity index (χ4v) is 3.37. The first-order chi connectivity index (χ1) is 11.4. The molecule has 0 fully saturated rings. The number of fused-ring (bicyclic) bond motifs is 1. The van der Waals surface area contributed by atoms with Gasteiger partial charge in [-0.2, -0.15) is 4.98 Å². The second kappa shape index (κ2) is 6.45. The fraction of sp³-hybridized carbons (Fsp3) is 0.125. The van der Waals surface area contributed by atoms with E-state index in [1.54, 1.807) is 37.4 Å². The van der Waals surface area contributed by atoms with Crippen molar-refractivity contribution in [1.82, 2.24) is 4.98 Å². The molecule has 0 spiro atoms. The molecule has 1 amide bonds. The van der Waals surface area contributed by atoms with Gasteiger partial charge in [0, 0.05) is 18.5 Å². The van der Waals surface area contributed by atoms with Crippen LogP contribution in [0.15, 0.2) is 43.7 Å². The number of hydrogen-bond acceptors (Lipinski definition) is 5. The Labute approximate surface area is 154 Å². The summed E-state index contributed by atoms with van der Waals surface area (Å²) in [4.78, 5) is 18.2. The normalized spacial score (nSPS) is 10.8. The molecule has 0 saturated carbocycles. The number of phenols is 1. The number of aromatic nitrogens is 1. The van der Waals surface area contributed by atoms with Crippen LogP contribution in [0.3, 0.4) is 0 Å². The van der Waals surface area contributed by atoms with Gasteiger partial charge in [0.1, 0.15) is 17.2 Å². The van der Waals surface area contributed by atoms with Crippen LogP contribution in [0, 0.1) is 0 Å². The summed E-state index contributed by atoms with van der Waals surface area (Å²) in [6.45, 7) is 0. The Morgan fingerprint density at radius 3 is 2.79 bits per heavy atom. The molecule has 0 aliphatic carbocycles. The molecule has 0 bridgehead atoms. The van der Waals surface area contributed by atoms with Gasteiger partial charge in [-0.3, -0.25) is 9.69 Å². The third-order valence-corrected chi connectivity index (χ3v) is 4.87. The molecule has 0 aliphatic rings. The summed E-state index contributed by atoms with van der Waals surface area (Å²) in [5.74, 6) is 0.658. The summed E-state index contributed by atoms with van der Waals surface area (Å²) in [5, 5.41) is 10.5. The highest BCUT2D eigenvalue weighted by molar-refractivity contribution is 9.11. The highest BCUT2D eigenvalue weighted by atomic mass is 79.9. The predicted octanol–water partition coefficient (Wildman–Crippen LogP) is 4.34. The fourth-order valence-electron chi connectivity index (χ4n) is 2.18. The van der Waals surface area contributed by atoms with Gasteiger partial charge in [0.2, 0.25) is 5.88 Å². The number of methoxy groups -OCH3 is 1. The van der Waals surface area contributed by atoms with Gasteiger partial charge in [-0.05, 0) is 50.1 Å². The molecule has 1 N–H and O–H groups in total. The largest absolute Gasteiger partial charge is 0.506 e. The minimum atomic E-state index is -0.366. The maximum absolute atomic E-state index is 12.7. The first-order valence-electron chi connectivity index (χ1n) is 6.82. The van der Waals surface area contributed by atoms with Crippen molar-refractivity contribution >= 4 is 54.6 Å². The quantitative estimate of drug-likeness (QED) is 0.635. The maximum Gasteiger partial charge on any atom is 0.294 e. The zero-order valence-corrected chi connectivity index (χ0v) is 15.9. The predicted molar refractivity (Wildman–Crippen MR) is 96.8 cm³/mol. The summed E-state index contributed by atoms with van der Waals surface area (Å²) in [6, 6.07) is 8.32. The van der Waals surface area contributed by atoms with E-state index >= 15 is 0 Å². The number of pyridine rings is 1. The van der Waals surface area contributed by atoms with Crippen LogP contribution in [0.5, 0.6) is 11.6 Å². The molecule has 0 saturated heterocycles. The Kier molecular flexibility index (Phi) is 4.51. The van der Waals surface area contributed by atoms with Crippen LogP contribution in [0.1, 0.15) is 10.6 Å². The topological polar surface area (TPSA) is 75.8 Å². The summed E-state index contributed by atoms with van der Waals surface area (Å²) in [6.07, 6.45) is 0. The summed E-state index contributed by atoms with van der Waals surface area (Å²) in [5.41, 5.74) is 0.474. The Balaban J connectivity index is 2.00. The van der Waals surface area contributed by atoms with Gasteiger partial charge in [-0.25, -0.2) is 0 Å². The van der Waals surface area contributed by atoms with E-state index in [1.807, 2.05) is 0 Å². The van der Waals surface area contributed by atoms with E-state index < -0.39 is 0 Å². The second-order valence-corrected chi connectivity index (χ2v) is 6.59. The summed E-state index contributed by atoms with van der Waals surface area (Å²) < 4.78 is 11.6. The minimum Gasteiger partial charge on any atom is -0.506 e. The molecule has 3 rings (SSSR count). The van der Waals surface area contributed by atoms with Crippen molar-refractivity contribution in [3.05, 3.63) is 45.0 Å². The second-order valence-electron chi connectivity index (χ2n) is 4.95. The van der Waals surface area contributed by atoms with Crippen LogP contribution >= 0.6 is 31.9 Å². The smallest absolute Gasteiger partial charge is 0.294 e. The van der Waals surface area contributed by atoms with E-state index in [2.05, 4.69) is 36.8 Å². The van der Waals surface area contributed by atoms with E-state index in [0.717, 1.165) is 0 Å². The number of phenolic OH excluding ortho intramolecular Hbond substituents is 1. The van der Waals surface area contributed by atoms with Gasteiger partial charge >= 0.3 is 0 Å². The first-order valence-corrected chi connectivity index (χ1v) is 8.40. The molecule has 0 atom stereocenters. The molecular weight excluding hydrogens is 444 g/mol. The van der Waals surface area contributed by atoms with Crippen LogP contribution in [0.2, 0.25) is 0 Å². The molecule has 8 heteroatoms. The number of halogens is 2. The number of nitrogens with zero attached hydrogens (tertiary/aromatic N) is 2. The van der Waals surface area contributed by atoms with Gasteiger partial charge < -0.3 is 14.3 Å². The van der Waals surface area contributed by atoms with Crippen molar-refractivity contribution in [2.75, 3.05) is 19.1 Å². The summed E-state index contributed by atoms with van der Waals surface area (Å²) >= 11 is 6.54. The average molecular weight is 456 g/mol. The molecule has 6 nitrogen and oxygen atoms in total. The lowest BCUT2D eigenvalue weighted by atomic mass is 10.2. The lowest BCUT2D eigenvalue weighted by Gasteiger charge is -2.15. The number of hydrogen-bond donors (Lipinski definition) is 1. The van der Waals surface area contributed by atoms with Crippen molar-refractivity contribution < 1.29 is 19.1 Å². The number of ether oxygens (including phenoxy) is 1. The summed E-state index contributed by atoms with van der Waals surface area (Å²) in [7, 11) is 3.11. The van der Waals surface area contributed by atoms with Gasteiger partial charge in [0.15, 0.2) is 5.76 Å². The third-order valence-electron chi connectivity index (χ3n) is 3.47. The molecule has 124 valence electrons.